The van der Waals surface area contributed by atoms with Gasteiger partial charge in [-0.1, -0.05) is 30.3 Å². The van der Waals surface area contributed by atoms with E-state index in [1.54, 1.807) is 5.56 Å². The number of rotatable bonds is 4. The summed E-state index contributed by atoms with van der Waals surface area (Å²) in [5.74, 6) is 1.76. The molecule has 0 aliphatic heterocycles. The molecule has 94 valence electrons. The summed E-state index contributed by atoms with van der Waals surface area (Å²) in [4.78, 5) is 0. The lowest BCUT2D eigenvalue weighted by atomic mass is 9.77. The van der Waals surface area contributed by atoms with Gasteiger partial charge in [-0.25, -0.2) is 0 Å². The Morgan fingerprint density at radius 2 is 1.76 bits per heavy atom. The Kier molecular flexibility index (Phi) is 4.61. The molecule has 0 radical (unpaired) electrons. The predicted molar refractivity (Wildman–Crippen MR) is 74.3 cm³/mol. The highest BCUT2D eigenvalue weighted by Gasteiger charge is 2.22. The third-order valence-corrected chi connectivity index (χ3v) is 4.30. The fourth-order valence-electron chi connectivity index (χ4n) is 3.07. The second-order valence-electron chi connectivity index (χ2n) is 5.55. The van der Waals surface area contributed by atoms with E-state index in [0.717, 1.165) is 11.8 Å². The first-order valence-corrected chi connectivity index (χ1v) is 7.01. The normalized spacial score (nSPS) is 26.7. The molecule has 1 fully saturated rings. The molecule has 1 aliphatic carbocycles. The first kappa shape index (κ1) is 12.6. The van der Waals surface area contributed by atoms with Crippen LogP contribution in [0.15, 0.2) is 30.3 Å². The SMILES string of the molecule is CNC(C)CC1CCC(c2ccccc2)CC1. The third-order valence-electron chi connectivity index (χ3n) is 4.30. The maximum atomic E-state index is 3.36. The van der Waals surface area contributed by atoms with Crippen molar-refractivity contribution in [2.45, 2.75) is 51.0 Å². The third kappa shape index (κ3) is 3.57. The van der Waals surface area contributed by atoms with Crippen molar-refractivity contribution in [2.75, 3.05) is 7.05 Å². The van der Waals surface area contributed by atoms with Crippen molar-refractivity contribution in [1.29, 1.82) is 0 Å². The standard InChI is InChI=1S/C16H25N/c1-13(17-2)12-14-8-10-16(11-9-14)15-6-4-3-5-7-15/h3-7,13-14,16-17H,8-12H2,1-2H3. The van der Waals surface area contributed by atoms with Crippen molar-refractivity contribution >= 4 is 0 Å². The van der Waals surface area contributed by atoms with Crippen molar-refractivity contribution in [3.63, 3.8) is 0 Å². The zero-order chi connectivity index (χ0) is 12.1. The van der Waals surface area contributed by atoms with Crippen LogP contribution in [0.5, 0.6) is 0 Å². The molecule has 0 saturated heterocycles. The van der Waals surface area contributed by atoms with Crippen LogP contribution in [0.4, 0.5) is 0 Å². The minimum atomic E-state index is 0.674. The van der Waals surface area contributed by atoms with E-state index in [4.69, 9.17) is 0 Å². The smallest absolute Gasteiger partial charge is 0.00383 e. The van der Waals surface area contributed by atoms with Gasteiger partial charge >= 0.3 is 0 Å². The van der Waals surface area contributed by atoms with Crippen LogP contribution in [0.2, 0.25) is 0 Å². The molecule has 17 heavy (non-hydrogen) atoms. The lowest BCUT2D eigenvalue weighted by Crippen LogP contribution is -2.26. The van der Waals surface area contributed by atoms with Gasteiger partial charge < -0.3 is 5.32 Å². The van der Waals surface area contributed by atoms with Crippen LogP contribution < -0.4 is 5.32 Å². The Bertz CT molecular complexity index is 312. The summed E-state index contributed by atoms with van der Waals surface area (Å²) in [6, 6.07) is 11.7. The topological polar surface area (TPSA) is 12.0 Å². The van der Waals surface area contributed by atoms with Gasteiger partial charge in [0.2, 0.25) is 0 Å². The van der Waals surface area contributed by atoms with Gasteiger partial charge in [0.05, 0.1) is 0 Å². The molecule has 0 aromatic heterocycles. The zero-order valence-corrected chi connectivity index (χ0v) is 11.2. The van der Waals surface area contributed by atoms with Crippen LogP contribution in [-0.4, -0.2) is 13.1 Å². The van der Waals surface area contributed by atoms with E-state index < -0.39 is 0 Å². The van der Waals surface area contributed by atoms with Crippen LogP contribution in [0.25, 0.3) is 0 Å². The van der Waals surface area contributed by atoms with Gasteiger partial charge in [-0.15, -0.1) is 0 Å². The van der Waals surface area contributed by atoms with E-state index in [1.807, 2.05) is 0 Å². The molecule has 0 spiro atoms. The maximum Gasteiger partial charge on any atom is 0.00383 e. The van der Waals surface area contributed by atoms with Crippen LogP contribution in [0.3, 0.4) is 0 Å². The van der Waals surface area contributed by atoms with Gasteiger partial charge in [0.1, 0.15) is 0 Å². The molecule has 0 heterocycles. The van der Waals surface area contributed by atoms with E-state index in [0.29, 0.717) is 6.04 Å². The molecule has 1 N–H and O–H groups in total. The molecule has 1 atom stereocenters. The van der Waals surface area contributed by atoms with E-state index in [9.17, 15) is 0 Å². The highest BCUT2D eigenvalue weighted by atomic mass is 14.8. The molecule has 2 rings (SSSR count). The molecule has 0 amide bonds. The van der Waals surface area contributed by atoms with Crippen molar-refractivity contribution in [3.8, 4) is 0 Å². The Morgan fingerprint density at radius 3 is 2.35 bits per heavy atom. The van der Waals surface area contributed by atoms with Crippen molar-refractivity contribution in [2.24, 2.45) is 5.92 Å². The monoisotopic (exact) mass is 231 g/mol. The first-order chi connectivity index (χ1) is 8.29. The molecule has 1 heteroatoms. The summed E-state index contributed by atoms with van der Waals surface area (Å²) in [6.07, 6.45) is 6.92. The van der Waals surface area contributed by atoms with Crippen LogP contribution >= 0.6 is 0 Å². The van der Waals surface area contributed by atoms with Gasteiger partial charge in [0, 0.05) is 6.04 Å². The highest BCUT2D eigenvalue weighted by Crippen LogP contribution is 2.37. The molecule has 1 aliphatic rings. The average molecular weight is 231 g/mol. The van der Waals surface area contributed by atoms with Gasteiger partial charge in [-0.3, -0.25) is 0 Å². The van der Waals surface area contributed by atoms with E-state index in [2.05, 4.69) is 49.6 Å². The fraction of sp³-hybridized carbons (Fsp3) is 0.625. The second kappa shape index (κ2) is 6.20. The van der Waals surface area contributed by atoms with Crippen molar-refractivity contribution in [3.05, 3.63) is 35.9 Å². The van der Waals surface area contributed by atoms with Crippen LogP contribution in [0, 0.1) is 5.92 Å². The molecule has 1 unspecified atom stereocenters. The van der Waals surface area contributed by atoms with E-state index in [1.165, 1.54) is 32.1 Å². The number of nitrogens with one attached hydrogen (secondary N) is 1. The predicted octanol–water partition coefficient (Wildman–Crippen LogP) is 3.96. The zero-order valence-electron chi connectivity index (χ0n) is 11.2. The Balaban J connectivity index is 1.82. The molecule has 1 saturated carbocycles. The summed E-state index contributed by atoms with van der Waals surface area (Å²) in [6.45, 7) is 2.29. The first-order valence-electron chi connectivity index (χ1n) is 7.01. The van der Waals surface area contributed by atoms with Crippen molar-refractivity contribution < 1.29 is 0 Å². The second-order valence-corrected chi connectivity index (χ2v) is 5.55. The van der Waals surface area contributed by atoms with E-state index >= 15 is 0 Å². The largest absolute Gasteiger partial charge is 0.317 e. The summed E-state index contributed by atoms with van der Waals surface area (Å²) in [5, 5.41) is 3.36. The van der Waals surface area contributed by atoms with Crippen LogP contribution in [0.1, 0.15) is 50.5 Å². The average Bonchev–Trinajstić information content (AvgIpc) is 2.40. The molecule has 0 bridgehead atoms. The lowest BCUT2D eigenvalue weighted by Gasteiger charge is -2.30. The summed E-state index contributed by atoms with van der Waals surface area (Å²) in [5.41, 5.74) is 1.55. The lowest BCUT2D eigenvalue weighted by molar-refractivity contribution is 0.288. The summed E-state index contributed by atoms with van der Waals surface area (Å²) < 4.78 is 0. The number of hydrogen-bond acceptors (Lipinski definition) is 1. The Morgan fingerprint density at radius 1 is 1.12 bits per heavy atom. The minimum Gasteiger partial charge on any atom is -0.317 e. The molecule has 1 aromatic carbocycles. The van der Waals surface area contributed by atoms with Gasteiger partial charge in [0.15, 0.2) is 0 Å². The minimum absolute atomic E-state index is 0.674. The number of hydrogen-bond donors (Lipinski definition) is 1. The Hall–Kier alpha value is -0.820. The van der Waals surface area contributed by atoms with Gasteiger partial charge in [-0.2, -0.15) is 0 Å². The molecular formula is C16H25N. The van der Waals surface area contributed by atoms with Gasteiger partial charge in [0.25, 0.3) is 0 Å². The summed E-state index contributed by atoms with van der Waals surface area (Å²) in [7, 11) is 2.07. The van der Waals surface area contributed by atoms with E-state index in [-0.39, 0.29) is 0 Å². The fourth-order valence-corrected chi connectivity index (χ4v) is 3.07. The Labute approximate surface area is 106 Å². The number of benzene rings is 1. The summed E-state index contributed by atoms with van der Waals surface area (Å²) >= 11 is 0. The quantitative estimate of drug-likeness (QED) is 0.827. The molecular weight excluding hydrogens is 206 g/mol. The van der Waals surface area contributed by atoms with Crippen LogP contribution in [-0.2, 0) is 0 Å². The molecule has 1 nitrogen and oxygen atoms in total. The van der Waals surface area contributed by atoms with Crippen molar-refractivity contribution in [1.82, 2.24) is 5.32 Å². The highest BCUT2D eigenvalue weighted by molar-refractivity contribution is 5.19. The molecule has 1 aromatic rings. The maximum absolute atomic E-state index is 3.36. The van der Waals surface area contributed by atoms with Gasteiger partial charge in [-0.05, 0) is 63.5 Å².